The Bertz CT molecular complexity index is 4120. The van der Waals surface area contributed by atoms with E-state index in [-0.39, 0.29) is 0 Å². The number of hydrogen-bond acceptors (Lipinski definition) is 6. The van der Waals surface area contributed by atoms with Gasteiger partial charge in [-0.2, -0.15) is 0 Å². The van der Waals surface area contributed by atoms with Gasteiger partial charge in [0, 0.05) is 42.4 Å². The van der Waals surface area contributed by atoms with Crippen molar-refractivity contribution in [2.45, 2.75) is 0 Å². The molecule has 0 fully saturated rings. The SMILES string of the molecule is c1ccc(-c2ccc(-c3nc(-c4cccc(-c5cccc(-c6cccc(-c7cccc(-c8nc(-c9ccc(-c%10ccccc%10)cc9)nc9c8sc8ccccc89)c7)c6)c5)c4)c4sc5ccccc5c4n3)cc2)cc1. The fourth-order valence-electron chi connectivity index (χ4n) is 10.2. The molecule has 6 heteroatoms. The molecular formula is C68H42N4S2. The highest BCUT2D eigenvalue weighted by molar-refractivity contribution is 7.26. The van der Waals surface area contributed by atoms with Crippen LogP contribution in [-0.4, -0.2) is 19.9 Å². The summed E-state index contributed by atoms with van der Waals surface area (Å²) in [7, 11) is 0. The summed E-state index contributed by atoms with van der Waals surface area (Å²) in [6.45, 7) is 0. The van der Waals surface area contributed by atoms with Crippen LogP contribution in [0.5, 0.6) is 0 Å². The van der Waals surface area contributed by atoms with E-state index in [1.165, 1.54) is 20.5 Å². The summed E-state index contributed by atoms with van der Waals surface area (Å²) in [5.41, 5.74) is 19.4. The molecule has 14 rings (SSSR count). The zero-order chi connectivity index (χ0) is 49.0. The van der Waals surface area contributed by atoms with Crippen LogP contribution in [0.2, 0.25) is 0 Å². The lowest BCUT2D eigenvalue weighted by Gasteiger charge is -2.12. The Morgan fingerprint density at radius 1 is 0.216 bits per heavy atom. The highest BCUT2D eigenvalue weighted by Gasteiger charge is 2.20. The molecule has 0 aliphatic heterocycles. The molecule has 0 spiro atoms. The van der Waals surface area contributed by atoms with Crippen molar-refractivity contribution < 1.29 is 0 Å². The number of hydrogen-bond donors (Lipinski definition) is 0. The molecule has 346 valence electrons. The largest absolute Gasteiger partial charge is 0.226 e. The van der Waals surface area contributed by atoms with Gasteiger partial charge >= 0.3 is 0 Å². The van der Waals surface area contributed by atoms with Crippen LogP contribution in [0.3, 0.4) is 0 Å². The maximum atomic E-state index is 5.35. The normalized spacial score (nSPS) is 11.5. The van der Waals surface area contributed by atoms with Crippen molar-refractivity contribution in [3.8, 4) is 101 Å². The topological polar surface area (TPSA) is 51.6 Å². The van der Waals surface area contributed by atoms with Gasteiger partial charge in [0.2, 0.25) is 0 Å². The highest BCUT2D eigenvalue weighted by Crippen LogP contribution is 2.43. The quantitative estimate of drug-likeness (QED) is 0.145. The first-order chi connectivity index (χ1) is 36.6. The van der Waals surface area contributed by atoms with Crippen molar-refractivity contribution in [1.82, 2.24) is 19.9 Å². The minimum Gasteiger partial charge on any atom is -0.226 e. The Labute approximate surface area is 436 Å². The Morgan fingerprint density at radius 2 is 0.500 bits per heavy atom. The smallest absolute Gasteiger partial charge is 0.160 e. The average molecular weight is 979 g/mol. The Kier molecular flexibility index (Phi) is 10.9. The summed E-state index contributed by atoms with van der Waals surface area (Å²) in [5.74, 6) is 1.43. The molecule has 0 bridgehead atoms. The first-order valence-electron chi connectivity index (χ1n) is 24.8. The summed E-state index contributed by atoms with van der Waals surface area (Å²) in [5, 5.41) is 2.29. The van der Waals surface area contributed by atoms with E-state index in [9.17, 15) is 0 Å². The molecule has 0 N–H and O–H groups in total. The zero-order valence-corrected chi connectivity index (χ0v) is 41.5. The molecule has 0 unspecified atom stereocenters. The monoisotopic (exact) mass is 978 g/mol. The van der Waals surface area contributed by atoms with Gasteiger partial charge in [-0.3, -0.25) is 0 Å². The molecule has 14 aromatic rings. The summed E-state index contributed by atoms with van der Waals surface area (Å²) in [6.07, 6.45) is 0. The first-order valence-corrected chi connectivity index (χ1v) is 26.4. The molecule has 10 aromatic carbocycles. The van der Waals surface area contributed by atoms with Crippen LogP contribution < -0.4 is 0 Å². The van der Waals surface area contributed by atoms with Crippen molar-refractivity contribution in [2.24, 2.45) is 0 Å². The van der Waals surface area contributed by atoms with E-state index < -0.39 is 0 Å². The van der Waals surface area contributed by atoms with Crippen LogP contribution in [0, 0.1) is 0 Å². The molecule has 0 radical (unpaired) electrons. The third kappa shape index (κ3) is 8.03. The van der Waals surface area contributed by atoms with Crippen molar-refractivity contribution in [3.05, 3.63) is 255 Å². The first kappa shape index (κ1) is 43.6. The summed E-state index contributed by atoms with van der Waals surface area (Å²) < 4.78 is 4.57. The van der Waals surface area contributed by atoms with E-state index in [1.54, 1.807) is 22.7 Å². The van der Waals surface area contributed by atoms with Gasteiger partial charge in [0.1, 0.15) is 0 Å². The molecule has 0 aliphatic rings. The Hall–Kier alpha value is -9.20. The highest BCUT2D eigenvalue weighted by atomic mass is 32.1. The van der Waals surface area contributed by atoms with Crippen LogP contribution in [0.1, 0.15) is 0 Å². The number of thiophene rings is 2. The number of nitrogens with zero attached hydrogens (tertiary/aromatic N) is 4. The van der Waals surface area contributed by atoms with Crippen molar-refractivity contribution in [3.63, 3.8) is 0 Å². The number of benzene rings is 10. The second-order valence-electron chi connectivity index (χ2n) is 18.6. The zero-order valence-electron chi connectivity index (χ0n) is 39.9. The molecule has 4 nitrogen and oxygen atoms in total. The molecule has 4 heterocycles. The van der Waals surface area contributed by atoms with Gasteiger partial charge in [-0.1, -0.05) is 218 Å². The second kappa shape index (κ2) is 18.4. The van der Waals surface area contributed by atoms with Crippen LogP contribution in [0.25, 0.3) is 142 Å². The van der Waals surface area contributed by atoms with Crippen molar-refractivity contribution in [1.29, 1.82) is 0 Å². The maximum Gasteiger partial charge on any atom is 0.160 e. The van der Waals surface area contributed by atoms with Crippen molar-refractivity contribution >= 4 is 63.3 Å². The van der Waals surface area contributed by atoms with Gasteiger partial charge < -0.3 is 0 Å². The lowest BCUT2D eigenvalue weighted by Crippen LogP contribution is -1.94. The number of fused-ring (bicyclic) bond motifs is 6. The fraction of sp³-hybridized carbons (Fsp3) is 0. The third-order valence-electron chi connectivity index (χ3n) is 13.9. The van der Waals surface area contributed by atoms with E-state index in [0.717, 1.165) is 109 Å². The van der Waals surface area contributed by atoms with Gasteiger partial charge in [0.25, 0.3) is 0 Å². The van der Waals surface area contributed by atoms with Crippen molar-refractivity contribution in [2.75, 3.05) is 0 Å². The molecular weight excluding hydrogens is 937 g/mol. The van der Waals surface area contributed by atoms with E-state index in [4.69, 9.17) is 19.9 Å². The molecule has 4 aromatic heterocycles. The standard InChI is InChI=1S/C68H42N4S2/c1-3-15-43(16-4-1)45-31-35-47(36-32-45)67-69-61(65-63(71-67)57-27-7-9-29-59(57)73-65)55-25-13-23-53(41-55)51-21-11-19-49(39-51)50-20-12-22-52(40-50)54-24-14-26-56(42-54)62-66-64(58-28-8-10-30-60(58)74-66)72-68(70-62)48-37-33-46(34-38-48)44-17-5-2-6-18-44/h1-42H. The predicted molar refractivity (Wildman–Crippen MR) is 312 cm³/mol. The van der Waals surface area contributed by atoms with Gasteiger partial charge in [0.05, 0.1) is 31.8 Å². The number of rotatable bonds is 9. The predicted octanol–water partition coefficient (Wildman–Crippen LogP) is 19.0. The van der Waals surface area contributed by atoms with Gasteiger partial charge in [0.15, 0.2) is 11.6 Å². The average Bonchev–Trinajstić information content (AvgIpc) is 4.07. The van der Waals surface area contributed by atoms with Crippen LogP contribution in [0.15, 0.2) is 255 Å². The van der Waals surface area contributed by atoms with Crippen LogP contribution >= 0.6 is 22.7 Å². The molecule has 0 atom stereocenters. The van der Waals surface area contributed by atoms with Gasteiger partial charge in [-0.25, -0.2) is 19.9 Å². The van der Waals surface area contributed by atoms with Crippen LogP contribution in [0.4, 0.5) is 0 Å². The Balaban J connectivity index is 0.802. The fourth-order valence-corrected chi connectivity index (χ4v) is 12.5. The van der Waals surface area contributed by atoms with E-state index in [0.29, 0.717) is 11.6 Å². The molecule has 0 amide bonds. The van der Waals surface area contributed by atoms with E-state index in [1.807, 2.05) is 12.1 Å². The molecule has 74 heavy (non-hydrogen) atoms. The second-order valence-corrected chi connectivity index (χ2v) is 20.7. The van der Waals surface area contributed by atoms with E-state index in [2.05, 4.69) is 243 Å². The van der Waals surface area contributed by atoms with E-state index >= 15 is 0 Å². The lowest BCUT2D eigenvalue weighted by atomic mass is 9.94. The lowest BCUT2D eigenvalue weighted by molar-refractivity contribution is 1.24. The Morgan fingerprint density at radius 3 is 0.878 bits per heavy atom. The maximum absolute atomic E-state index is 5.35. The van der Waals surface area contributed by atoms with Gasteiger partial charge in [-0.05, 0) is 92.0 Å². The molecule has 0 saturated carbocycles. The molecule has 0 aliphatic carbocycles. The molecule has 0 saturated heterocycles. The van der Waals surface area contributed by atoms with Crippen LogP contribution in [-0.2, 0) is 0 Å². The third-order valence-corrected chi connectivity index (χ3v) is 16.3. The summed E-state index contributed by atoms with van der Waals surface area (Å²) >= 11 is 3.51. The van der Waals surface area contributed by atoms with Gasteiger partial charge in [-0.15, -0.1) is 22.7 Å². The minimum atomic E-state index is 0.716. The minimum absolute atomic E-state index is 0.716. The number of aromatic nitrogens is 4. The summed E-state index contributed by atoms with van der Waals surface area (Å²) in [4.78, 5) is 21.2. The summed E-state index contributed by atoms with van der Waals surface area (Å²) in [6, 6.07) is 90.6.